The van der Waals surface area contributed by atoms with Gasteiger partial charge < -0.3 is 4.90 Å². The maximum absolute atomic E-state index is 13.6. The molecule has 0 saturated carbocycles. The monoisotopic (exact) mass is 418 g/mol. The van der Waals surface area contributed by atoms with E-state index < -0.39 is 10.0 Å². The molecule has 0 aromatic heterocycles. The third-order valence-electron chi connectivity index (χ3n) is 5.98. The molecule has 152 valence electrons. The van der Waals surface area contributed by atoms with E-state index in [1.54, 1.807) is 27.4 Å². The highest BCUT2D eigenvalue weighted by Crippen LogP contribution is 2.36. The standard InChI is InChI=1S/C24H22N2O3S/c1-17(27)26-13-12-18-14-21(10-11-24(18)26)30(28,29)25-15-19-6-2-4-8-22(19)23-9-5-3-7-20(23)16-25/h2-11,14H,12-13,15-16H2,1H3. The topological polar surface area (TPSA) is 57.7 Å². The first-order chi connectivity index (χ1) is 14.4. The Labute approximate surface area is 176 Å². The lowest BCUT2D eigenvalue weighted by Crippen LogP contribution is -2.29. The molecular weight excluding hydrogens is 396 g/mol. The molecule has 30 heavy (non-hydrogen) atoms. The molecular formula is C24H22N2O3S. The predicted octanol–water partition coefficient (Wildman–Crippen LogP) is 3.97. The molecule has 2 aliphatic heterocycles. The first-order valence-electron chi connectivity index (χ1n) is 10.0. The van der Waals surface area contributed by atoms with E-state index >= 15 is 0 Å². The van der Waals surface area contributed by atoms with Crippen molar-refractivity contribution in [3.63, 3.8) is 0 Å². The van der Waals surface area contributed by atoms with Crippen molar-refractivity contribution in [3.05, 3.63) is 83.4 Å². The lowest BCUT2D eigenvalue weighted by molar-refractivity contribution is -0.116. The largest absolute Gasteiger partial charge is 0.312 e. The molecule has 0 bridgehead atoms. The van der Waals surface area contributed by atoms with Crippen LogP contribution in [0.25, 0.3) is 11.1 Å². The van der Waals surface area contributed by atoms with Crippen molar-refractivity contribution in [1.29, 1.82) is 0 Å². The smallest absolute Gasteiger partial charge is 0.243 e. The molecule has 2 heterocycles. The van der Waals surface area contributed by atoms with E-state index in [1.807, 2.05) is 36.4 Å². The number of carbonyl (C=O) groups excluding carboxylic acids is 1. The van der Waals surface area contributed by atoms with Crippen molar-refractivity contribution in [3.8, 4) is 11.1 Å². The van der Waals surface area contributed by atoms with Crippen LogP contribution in [0.3, 0.4) is 0 Å². The van der Waals surface area contributed by atoms with Crippen LogP contribution >= 0.6 is 0 Å². The van der Waals surface area contributed by atoms with Crippen molar-refractivity contribution >= 4 is 21.6 Å². The van der Waals surface area contributed by atoms with Gasteiger partial charge in [-0.15, -0.1) is 0 Å². The minimum atomic E-state index is -3.70. The quantitative estimate of drug-likeness (QED) is 0.633. The number of benzene rings is 3. The van der Waals surface area contributed by atoms with E-state index in [1.165, 1.54) is 6.92 Å². The summed E-state index contributed by atoms with van der Waals surface area (Å²) in [5, 5.41) is 0. The third-order valence-corrected chi connectivity index (χ3v) is 7.77. The normalized spacial score (nSPS) is 15.8. The number of rotatable bonds is 2. The van der Waals surface area contributed by atoms with Crippen LogP contribution < -0.4 is 4.90 Å². The summed E-state index contributed by atoms with van der Waals surface area (Å²) in [4.78, 5) is 13.8. The Balaban J connectivity index is 1.57. The molecule has 6 heteroatoms. The highest BCUT2D eigenvalue weighted by atomic mass is 32.2. The molecule has 0 unspecified atom stereocenters. The molecule has 3 aromatic carbocycles. The van der Waals surface area contributed by atoms with Gasteiger partial charge in [-0.3, -0.25) is 4.79 Å². The van der Waals surface area contributed by atoms with Crippen LogP contribution in [0.1, 0.15) is 23.6 Å². The van der Waals surface area contributed by atoms with Crippen molar-refractivity contribution in [2.24, 2.45) is 0 Å². The number of amides is 1. The van der Waals surface area contributed by atoms with Crippen molar-refractivity contribution in [2.45, 2.75) is 31.3 Å². The van der Waals surface area contributed by atoms with Crippen LogP contribution in [-0.4, -0.2) is 25.2 Å². The predicted molar refractivity (Wildman–Crippen MR) is 116 cm³/mol. The molecule has 1 amide bonds. The molecule has 5 rings (SSSR count). The summed E-state index contributed by atoms with van der Waals surface area (Å²) < 4.78 is 28.8. The fourth-order valence-corrected chi connectivity index (χ4v) is 5.91. The molecule has 0 aliphatic carbocycles. The fourth-order valence-electron chi connectivity index (χ4n) is 4.46. The molecule has 0 atom stereocenters. The fraction of sp³-hybridized carbons (Fsp3) is 0.208. The summed E-state index contributed by atoms with van der Waals surface area (Å²) in [5.74, 6) is -0.0231. The second kappa shape index (κ2) is 7.07. The lowest BCUT2D eigenvalue weighted by atomic mass is 9.97. The minimum absolute atomic E-state index is 0.0231. The third kappa shape index (κ3) is 3.04. The van der Waals surface area contributed by atoms with Crippen LogP contribution in [0, 0.1) is 0 Å². The van der Waals surface area contributed by atoms with E-state index in [0.29, 0.717) is 26.1 Å². The van der Waals surface area contributed by atoms with Gasteiger partial charge in [0.1, 0.15) is 0 Å². The van der Waals surface area contributed by atoms with Gasteiger partial charge in [0.25, 0.3) is 0 Å². The maximum Gasteiger partial charge on any atom is 0.243 e. The zero-order chi connectivity index (χ0) is 20.9. The molecule has 5 nitrogen and oxygen atoms in total. The van der Waals surface area contributed by atoms with Gasteiger partial charge in [-0.2, -0.15) is 4.31 Å². The van der Waals surface area contributed by atoms with Gasteiger partial charge in [-0.25, -0.2) is 8.42 Å². The van der Waals surface area contributed by atoms with Crippen molar-refractivity contribution in [1.82, 2.24) is 4.31 Å². The van der Waals surface area contributed by atoms with Gasteiger partial charge in [0.2, 0.25) is 15.9 Å². The Kier molecular flexibility index (Phi) is 4.49. The Morgan fingerprint density at radius 2 is 1.43 bits per heavy atom. The number of nitrogens with zero attached hydrogens (tertiary/aromatic N) is 2. The zero-order valence-corrected chi connectivity index (χ0v) is 17.5. The Bertz CT molecular complexity index is 1220. The van der Waals surface area contributed by atoms with E-state index in [-0.39, 0.29) is 10.8 Å². The van der Waals surface area contributed by atoms with Gasteiger partial charge in [-0.1, -0.05) is 48.5 Å². The summed E-state index contributed by atoms with van der Waals surface area (Å²) in [6.45, 7) is 2.78. The summed E-state index contributed by atoms with van der Waals surface area (Å²) in [6, 6.07) is 21.1. The molecule has 0 radical (unpaired) electrons. The van der Waals surface area contributed by atoms with E-state index in [2.05, 4.69) is 12.1 Å². The van der Waals surface area contributed by atoms with Gasteiger partial charge >= 0.3 is 0 Å². The average Bonchev–Trinajstić information content (AvgIpc) is 3.09. The molecule has 0 fully saturated rings. The number of fused-ring (bicyclic) bond motifs is 4. The first kappa shape index (κ1) is 19.0. The summed E-state index contributed by atoms with van der Waals surface area (Å²) in [6.07, 6.45) is 0.671. The second-order valence-electron chi connectivity index (χ2n) is 7.80. The van der Waals surface area contributed by atoms with E-state index in [4.69, 9.17) is 0 Å². The molecule has 3 aromatic rings. The highest BCUT2D eigenvalue weighted by Gasteiger charge is 2.31. The van der Waals surface area contributed by atoms with Crippen LogP contribution in [0.5, 0.6) is 0 Å². The van der Waals surface area contributed by atoms with Crippen LogP contribution in [0.4, 0.5) is 5.69 Å². The van der Waals surface area contributed by atoms with Gasteiger partial charge in [-0.05, 0) is 52.4 Å². The van der Waals surface area contributed by atoms with Crippen molar-refractivity contribution in [2.75, 3.05) is 11.4 Å². The summed E-state index contributed by atoms with van der Waals surface area (Å²) in [5.41, 5.74) is 5.87. The Morgan fingerprint density at radius 1 is 0.833 bits per heavy atom. The Hall–Kier alpha value is -2.96. The van der Waals surface area contributed by atoms with Gasteiger partial charge in [0.05, 0.1) is 4.90 Å². The van der Waals surface area contributed by atoms with Gasteiger partial charge in [0.15, 0.2) is 0 Å². The number of carbonyl (C=O) groups is 1. The van der Waals surface area contributed by atoms with Gasteiger partial charge in [0, 0.05) is 32.2 Å². The molecule has 0 N–H and O–H groups in total. The second-order valence-corrected chi connectivity index (χ2v) is 9.74. The van der Waals surface area contributed by atoms with Crippen LogP contribution in [0.15, 0.2) is 71.6 Å². The SMILES string of the molecule is CC(=O)N1CCc2cc(S(=O)(=O)N3Cc4ccccc4-c4ccccc4C3)ccc21. The minimum Gasteiger partial charge on any atom is -0.312 e. The number of sulfonamides is 1. The van der Waals surface area contributed by atoms with E-state index in [9.17, 15) is 13.2 Å². The Morgan fingerprint density at radius 3 is 2.03 bits per heavy atom. The molecule has 2 aliphatic rings. The number of hydrogen-bond acceptors (Lipinski definition) is 3. The number of hydrogen-bond donors (Lipinski definition) is 0. The maximum atomic E-state index is 13.6. The van der Waals surface area contributed by atoms with Crippen LogP contribution in [-0.2, 0) is 34.3 Å². The van der Waals surface area contributed by atoms with Crippen LogP contribution in [0.2, 0.25) is 0 Å². The van der Waals surface area contributed by atoms with E-state index in [0.717, 1.165) is 33.5 Å². The zero-order valence-electron chi connectivity index (χ0n) is 16.7. The average molecular weight is 419 g/mol. The first-order valence-corrected chi connectivity index (χ1v) is 11.5. The summed E-state index contributed by atoms with van der Waals surface area (Å²) >= 11 is 0. The molecule has 0 saturated heterocycles. The van der Waals surface area contributed by atoms with Crippen molar-refractivity contribution < 1.29 is 13.2 Å². The lowest BCUT2D eigenvalue weighted by Gasteiger charge is -2.22. The summed E-state index contributed by atoms with van der Waals surface area (Å²) in [7, 11) is -3.70. The number of anilines is 1. The highest BCUT2D eigenvalue weighted by molar-refractivity contribution is 7.89. The molecule has 0 spiro atoms.